The highest BCUT2D eigenvalue weighted by molar-refractivity contribution is 5.86. The summed E-state index contributed by atoms with van der Waals surface area (Å²) in [6.07, 6.45) is 2.76. The van der Waals surface area contributed by atoms with Gasteiger partial charge >= 0.3 is 5.97 Å². The van der Waals surface area contributed by atoms with Crippen LogP contribution in [0.25, 0.3) is 0 Å². The third-order valence-corrected chi connectivity index (χ3v) is 7.09. The zero-order chi connectivity index (χ0) is 21.4. The van der Waals surface area contributed by atoms with Crippen molar-refractivity contribution in [3.05, 3.63) is 29.6 Å². The second-order valence-electron chi connectivity index (χ2n) is 9.19. The van der Waals surface area contributed by atoms with E-state index in [0.29, 0.717) is 65.0 Å². The van der Waals surface area contributed by atoms with Gasteiger partial charge in [0, 0.05) is 44.3 Å². The van der Waals surface area contributed by atoms with Crippen LogP contribution in [0.4, 0.5) is 4.39 Å². The molecule has 30 heavy (non-hydrogen) atoms. The first-order valence-electron chi connectivity index (χ1n) is 11.2. The van der Waals surface area contributed by atoms with Crippen molar-refractivity contribution < 1.29 is 18.7 Å². The number of halogens is 1. The smallest absolute Gasteiger partial charge is 0.313 e. The van der Waals surface area contributed by atoms with Crippen LogP contribution < -0.4 is 0 Å². The van der Waals surface area contributed by atoms with E-state index in [-0.39, 0.29) is 17.8 Å². The first kappa shape index (κ1) is 21.2. The molecule has 1 aromatic heterocycles. The van der Waals surface area contributed by atoms with Crippen LogP contribution in [0, 0.1) is 18.3 Å². The molecule has 4 rings (SSSR count). The Bertz CT molecular complexity index is 813. The predicted octanol–water partition coefficient (Wildman–Crippen LogP) is 2.89. The van der Waals surface area contributed by atoms with E-state index in [9.17, 15) is 14.0 Å². The van der Waals surface area contributed by atoms with Crippen molar-refractivity contribution >= 4 is 11.9 Å². The van der Waals surface area contributed by atoms with E-state index >= 15 is 0 Å². The fraction of sp³-hybridized carbons (Fsp3) is 0.696. The molecule has 2 atom stereocenters. The number of alkyl halides is 1. The molecule has 1 aromatic rings. The molecule has 0 spiro atoms. The van der Waals surface area contributed by atoms with Crippen LogP contribution >= 0.6 is 0 Å². The maximum atomic E-state index is 14.8. The third-order valence-electron chi connectivity index (χ3n) is 7.09. The topological polar surface area (TPSA) is 62.7 Å². The van der Waals surface area contributed by atoms with E-state index in [2.05, 4.69) is 9.88 Å². The molecule has 0 N–H and O–H groups in total. The first-order valence-corrected chi connectivity index (χ1v) is 11.2. The summed E-state index contributed by atoms with van der Waals surface area (Å²) in [5.41, 5.74) is -0.402. The minimum atomic E-state index is -1.69. The van der Waals surface area contributed by atoms with Crippen LogP contribution in [0.3, 0.4) is 0 Å². The van der Waals surface area contributed by atoms with Crippen LogP contribution in [0.5, 0.6) is 0 Å². The Labute approximate surface area is 177 Å². The zero-order valence-electron chi connectivity index (χ0n) is 18.0. The van der Waals surface area contributed by atoms with Crippen LogP contribution in [0.2, 0.25) is 0 Å². The Morgan fingerprint density at radius 1 is 1.23 bits per heavy atom. The maximum absolute atomic E-state index is 14.8. The SMILES string of the molecule is CCOC(=O)[C@]12CCCN(C(=O)C3(F)CCC3)C[C@H]1CN(Cc1cccc(C)n1)C2. The summed E-state index contributed by atoms with van der Waals surface area (Å²) in [6, 6.07) is 5.96. The van der Waals surface area contributed by atoms with E-state index in [4.69, 9.17) is 4.74 Å². The van der Waals surface area contributed by atoms with Crippen molar-refractivity contribution in [3.63, 3.8) is 0 Å². The maximum Gasteiger partial charge on any atom is 0.313 e. The van der Waals surface area contributed by atoms with Gasteiger partial charge in [0.25, 0.3) is 5.91 Å². The summed E-state index contributed by atoms with van der Waals surface area (Å²) in [4.78, 5) is 34.5. The molecule has 7 heteroatoms. The molecule has 1 aliphatic carbocycles. The van der Waals surface area contributed by atoms with Crippen molar-refractivity contribution in [1.29, 1.82) is 0 Å². The van der Waals surface area contributed by atoms with Crippen molar-refractivity contribution in [1.82, 2.24) is 14.8 Å². The summed E-state index contributed by atoms with van der Waals surface area (Å²) in [5.74, 6) is -0.619. The van der Waals surface area contributed by atoms with Gasteiger partial charge < -0.3 is 9.64 Å². The number of carbonyl (C=O) groups is 2. The van der Waals surface area contributed by atoms with Gasteiger partial charge in [-0.25, -0.2) is 4.39 Å². The number of fused-ring (bicyclic) bond motifs is 1. The highest BCUT2D eigenvalue weighted by Gasteiger charge is 2.56. The van der Waals surface area contributed by atoms with Gasteiger partial charge in [-0.1, -0.05) is 6.07 Å². The summed E-state index contributed by atoms with van der Waals surface area (Å²) in [5, 5.41) is 0. The number of carbonyl (C=O) groups excluding carboxylic acids is 2. The number of pyridine rings is 1. The predicted molar refractivity (Wildman–Crippen MR) is 110 cm³/mol. The largest absolute Gasteiger partial charge is 0.466 e. The normalized spacial score (nSPS) is 28.4. The molecular weight excluding hydrogens is 385 g/mol. The lowest BCUT2D eigenvalue weighted by atomic mass is 9.75. The van der Waals surface area contributed by atoms with Crippen LogP contribution in [-0.2, 0) is 20.9 Å². The number of rotatable bonds is 5. The van der Waals surface area contributed by atoms with Crippen molar-refractivity contribution in [2.24, 2.45) is 11.3 Å². The van der Waals surface area contributed by atoms with Gasteiger partial charge in [0.05, 0.1) is 17.7 Å². The first-order chi connectivity index (χ1) is 14.4. The van der Waals surface area contributed by atoms with Gasteiger partial charge in [0.15, 0.2) is 5.67 Å². The van der Waals surface area contributed by atoms with Crippen LogP contribution in [-0.4, -0.2) is 65.1 Å². The Morgan fingerprint density at radius 3 is 2.70 bits per heavy atom. The van der Waals surface area contributed by atoms with Gasteiger partial charge in [-0.05, 0) is 58.1 Å². The Kier molecular flexibility index (Phi) is 5.84. The average Bonchev–Trinajstić information content (AvgIpc) is 2.92. The van der Waals surface area contributed by atoms with Gasteiger partial charge in [-0.15, -0.1) is 0 Å². The fourth-order valence-electron chi connectivity index (χ4n) is 5.35. The molecule has 164 valence electrons. The quantitative estimate of drug-likeness (QED) is 0.690. The van der Waals surface area contributed by atoms with Gasteiger partial charge in [0.1, 0.15) is 0 Å². The molecule has 1 saturated carbocycles. The lowest BCUT2D eigenvalue weighted by Crippen LogP contribution is -2.52. The van der Waals surface area contributed by atoms with E-state index in [0.717, 1.165) is 17.8 Å². The molecule has 3 fully saturated rings. The van der Waals surface area contributed by atoms with Crippen LogP contribution in [0.1, 0.15) is 50.4 Å². The number of aryl methyl sites for hydroxylation is 1. The number of amides is 1. The van der Waals surface area contributed by atoms with Crippen molar-refractivity contribution in [2.45, 2.75) is 58.2 Å². The average molecular weight is 418 g/mol. The second kappa shape index (κ2) is 8.25. The van der Waals surface area contributed by atoms with Gasteiger partial charge in [0.2, 0.25) is 0 Å². The van der Waals surface area contributed by atoms with E-state index in [1.54, 1.807) is 4.90 Å². The second-order valence-corrected chi connectivity index (χ2v) is 9.19. The summed E-state index contributed by atoms with van der Waals surface area (Å²) < 4.78 is 20.3. The van der Waals surface area contributed by atoms with E-state index < -0.39 is 11.1 Å². The Balaban J connectivity index is 1.55. The molecule has 3 heterocycles. The molecule has 0 radical (unpaired) electrons. The lowest BCUT2D eigenvalue weighted by molar-refractivity contribution is -0.158. The number of ether oxygens (including phenoxy) is 1. The zero-order valence-corrected chi connectivity index (χ0v) is 18.0. The summed E-state index contributed by atoms with van der Waals surface area (Å²) in [6.45, 7) is 6.98. The highest BCUT2D eigenvalue weighted by atomic mass is 19.1. The number of aromatic nitrogens is 1. The number of esters is 1. The van der Waals surface area contributed by atoms with Crippen molar-refractivity contribution in [2.75, 3.05) is 32.8 Å². The Hall–Kier alpha value is -2.02. The van der Waals surface area contributed by atoms with Crippen molar-refractivity contribution in [3.8, 4) is 0 Å². The van der Waals surface area contributed by atoms with Gasteiger partial charge in [-0.2, -0.15) is 0 Å². The molecule has 0 aromatic carbocycles. The number of hydrogen-bond acceptors (Lipinski definition) is 5. The molecule has 0 unspecified atom stereocenters. The Morgan fingerprint density at radius 2 is 2.03 bits per heavy atom. The molecule has 0 bridgehead atoms. The molecule has 2 aliphatic heterocycles. The third kappa shape index (κ3) is 3.84. The number of nitrogens with zero attached hydrogens (tertiary/aromatic N) is 3. The summed E-state index contributed by atoms with van der Waals surface area (Å²) >= 11 is 0. The van der Waals surface area contributed by atoms with E-state index in [1.807, 2.05) is 32.0 Å². The fourth-order valence-corrected chi connectivity index (χ4v) is 5.35. The monoisotopic (exact) mass is 417 g/mol. The minimum absolute atomic E-state index is 0.0588. The number of hydrogen-bond donors (Lipinski definition) is 0. The minimum Gasteiger partial charge on any atom is -0.466 e. The van der Waals surface area contributed by atoms with Crippen LogP contribution in [0.15, 0.2) is 18.2 Å². The lowest BCUT2D eigenvalue weighted by Gasteiger charge is -2.38. The molecule has 2 saturated heterocycles. The van der Waals surface area contributed by atoms with E-state index in [1.165, 1.54) is 0 Å². The number of likely N-dealkylation sites (tertiary alicyclic amines) is 2. The standard InChI is InChI=1S/C23H32FN3O3/c1-3-30-21(29)22-9-6-12-27(20(28)23(24)10-5-11-23)14-18(22)13-26(16-22)15-19-8-4-7-17(2)25-19/h4,7-8,18H,3,5-6,9-16H2,1-2H3/t18-,22+/m1/s1. The highest BCUT2D eigenvalue weighted by Crippen LogP contribution is 2.45. The molecule has 6 nitrogen and oxygen atoms in total. The summed E-state index contributed by atoms with van der Waals surface area (Å²) in [7, 11) is 0. The van der Waals surface area contributed by atoms with Gasteiger partial charge in [-0.3, -0.25) is 19.5 Å². The molecule has 1 amide bonds. The molecular formula is C23H32FN3O3. The molecule has 3 aliphatic rings.